The number of pyridine rings is 1. The summed E-state index contributed by atoms with van der Waals surface area (Å²) in [6.45, 7) is 0.492. The maximum Gasteiger partial charge on any atom is 0.416 e. The Balaban J connectivity index is 2.14. The van der Waals surface area contributed by atoms with Gasteiger partial charge in [-0.2, -0.15) is 13.2 Å². The SMILES string of the molecule is CN1CC=C(N)c2ccncc2C1c1ccc(C(F)(F)F)cc1O. The summed E-state index contributed by atoms with van der Waals surface area (Å²) in [5.41, 5.74) is 7.63. The van der Waals surface area contributed by atoms with Crippen molar-refractivity contribution in [2.24, 2.45) is 5.73 Å². The fraction of sp³-hybridized carbons (Fsp3) is 0.235. The van der Waals surface area contributed by atoms with Crippen molar-refractivity contribution in [1.82, 2.24) is 9.88 Å². The lowest BCUT2D eigenvalue weighted by atomic mass is 9.93. The second-order valence-corrected chi connectivity index (χ2v) is 5.74. The summed E-state index contributed by atoms with van der Waals surface area (Å²) in [6, 6.07) is 4.33. The molecule has 3 N–H and O–H groups in total. The Morgan fingerprint density at radius 3 is 2.67 bits per heavy atom. The molecule has 1 aromatic carbocycles. The molecule has 0 bridgehead atoms. The Kier molecular flexibility index (Phi) is 3.96. The van der Waals surface area contributed by atoms with Crippen LogP contribution >= 0.6 is 0 Å². The van der Waals surface area contributed by atoms with Crippen LogP contribution in [0.4, 0.5) is 13.2 Å². The van der Waals surface area contributed by atoms with E-state index in [0.29, 0.717) is 17.8 Å². The maximum atomic E-state index is 12.8. The van der Waals surface area contributed by atoms with Gasteiger partial charge in [0.25, 0.3) is 0 Å². The summed E-state index contributed by atoms with van der Waals surface area (Å²) < 4.78 is 38.5. The molecular weight excluding hydrogens is 319 g/mol. The predicted octanol–water partition coefficient (Wildman–Crippen LogP) is 3.14. The second kappa shape index (κ2) is 5.83. The van der Waals surface area contributed by atoms with E-state index in [-0.39, 0.29) is 0 Å². The maximum absolute atomic E-state index is 12.8. The lowest BCUT2D eigenvalue weighted by Gasteiger charge is -2.28. The van der Waals surface area contributed by atoms with Gasteiger partial charge in [-0.15, -0.1) is 0 Å². The standard InChI is InChI=1S/C17H16F3N3O/c1-23-7-5-14(21)11-4-6-22-9-13(11)16(23)12-3-2-10(8-15(12)24)17(18,19)20/h2-6,8-9,16,24H,7,21H2,1H3. The number of halogens is 3. The average Bonchev–Trinajstić information content (AvgIpc) is 2.65. The number of phenolic OH excluding ortho intramolecular Hbond substituents is 1. The number of benzene rings is 1. The molecule has 0 amide bonds. The largest absolute Gasteiger partial charge is 0.508 e. The molecule has 1 aromatic heterocycles. The molecule has 3 rings (SSSR count). The first-order valence-corrected chi connectivity index (χ1v) is 7.29. The molecule has 0 saturated heterocycles. The summed E-state index contributed by atoms with van der Waals surface area (Å²) in [7, 11) is 1.81. The first-order valence-electron chi connectivity index (χ1n) is 7.29. The molecule has 1 aliphatic rings. The van der Waals surface area contributed by atoms with Crippen molar-refractivity contribution >= 4 is 5.70 Å². The van der Waals surface area contributed by atoms with E-state index in [1.165, 1.54) is 6.07 Å². The highest BCUT2D eigenvalue weighted by atomic mass is 19.4. The minimum atomic E-state index is -4.50. The summed E-state index contributed by atoms with van der Waals surface area (Å²) in [5, 5.41) is 10.2. The highest BCUT2D eigenvalue weighted by molar-refractivity contribution is 5.67. The van der Waals surface area contributed by atoms with Crippen molar-refractivity contribution < 1.29 is 18.3 Å². The number of rotatable bonds is 1. The highest BCUT2D eigenvalue weighted by Gasteiger charge is 2.33. The molecule has 0 aliphatic carbocycles. The molecule has 0 saturated carbocycles. The third-order valence-corrected chi connectivity index (χ3v) is 4.15. The second-order valence-electron chi connectivity index (χ2n) is 5.74. The zero-order valence-corrected chi connectivity index (χ0v) is 12.9. The third kappa shape index (κ3) is 2.82. The molecule has 1 unspecified atom stereocenters. The average molecular weight is 335 g/mol. The van der Waals surface area contributed by atoms with Crippen molar-refractivity contribution in [1.29, 1.82) is 0 Å². The van der Waals surface area contributed by atoms with Crippen LogP contribution in [0.5, 0.6) is 5.75 Å². The van der Waals surface area contributed by atoms with Gasteiger partial charge in [0.2, 0.25) is 0 Å². The smallest absolute Gasteiger partial charge is 0.416 e. The van der Waals surface area contributed by atoms with Gasteiger partial charge in [-0.1, -0.05) is 6.07 Å². The summed E-state index contributed by atoms with van der Waals surface area (Å²) in [6.07, 6.45) is 0.560. The van der Waals surface area contributed by atoms with Crippen LogP contribution in [0.1, 0.15) is 28.3 Å². The van der Waals surface area contributed by atoms with Crippen molar-refractivity contribution in [2.45, 2.75) is 12.2 Å². The molecule has 2 aromatic rings. The number of fused-ring (bicyclic) bond motifs is 1. The molecule has 24 heavy (non-hydrogen) atoms. The van der Waals surface area contributed by atoms with E-state index < -0.39 is 23.5 Å². The van der Waals surface area contributed by atoms with Gasteiger partial charge in [-0.25, -0.2) is 0 Å². The lowest BCUT2D eigenvalue weighted by Crippen LogP contribution is -2.25. The van der Waals surface area contributed by atoms with E-state index in [9.17, 15) is 18.3 Å². The van der Waals surface area contributed by atoms with E-state index in [4.69, 9.17) is 5.73 Å². The molecule has 0 radical (unpaired) electrons. The van der Waals surface area contributed by atoms with Crippen molar-refractivity contribution in [2.75, 3.05) is 13.6 Å². The number of likely N-dealkylation sites (N-methyl/N-ethyl adjacent to an activating group) is 1. The highest BCUT2D eigenvalue weighted by Crippen LogP contribution is 2.40. The van der Waals surface area contributed by atoms with Crippen molar-refractivity contribution in [3.63, 3.8) is 0 Å². The van der Waals surface area contributed by atoms with E-state index in [0.717, 1.165) is 23.3 Å². The minimum Gasteiger partial charge on any atom is -0.508 e. The topological polar surface area (TPSA) is 62.4 Å². The monoisotopic (exact) mass is 335 g/mol. The first-order chi connectivity index (χ1) is 11.3. The molecule has 0 spiro atoms. The minimum absolute atomic E-state index is 0.378. The fourth-order valence-electron chi connectivity index (χ4n) is 2.94. The van der Waals surface area contributed by atoms with E-state index in [1.807, 2.05) is 18.0 Å². The van der Waals surface area contributed by atoms with Crippen LogP contribution in [0.25, 0.3) is 5.70 Å². The number of nitrogens with two attached hydrogens (primary N) is 1. The van der Waals surface area contributed by atoms with Crippen LogP contribution in [0.3, 0.4) is 0 Å². The normalized spacial score (nSPS) is 18.7. The van der Waals surface area contributed by atoms with Crippen LogP contribution in [0, 0.1) is 0 Å². The summed E-state index contributed by atoms with van der Waals surface area (Å²) in [5.74, 6) is -0.406. The molecule has 4 nitrogen and oxygen atoms in total. The predicted molar refractivity (Wildman–Crippen MR) is 84.0 cm³/mol. The van der Waals surface area contributed by atoms with Gasteiger partial charge in [0.05, 0.1) is 11.6 Å². The number of phenols is 1. The van der Waals surface area contributed by atoms with Gasteiger partial charge in [-0.05, 0) is 31.3 Å². The third-order valence-electron chi connectivity index (χ3n) is 4.15. The molecule has 1 aliphatic heterocycles. The summed E-state index contributed by atoms with van der Waals surface area (Å²) in [4.78, 5) is 5.99. The van der Waals surface area contributed by atoms with Crippen molar-refractivity contribution in [3.8, 4) is 5.75 Å². The Labute approximate surface area is 137 Å². The van der Waals surface area contributed by atoms with Gasteiger partial charge in [0.15, 0.2) is 0 Å². The van der Waals surface area contributed by atoms with Gasteiger partial charge in [0, 0.05) is 41.3 Å². The number of hydrogen-bond acceptors (Lipinski definition) is 4. The number of alkyl halides is 3. The molecule has 0 fully saturated rings. The van der Waals surface area contributed by atoms with E-state index in [1.54, 1.807) is 18.5 Å². The van der Waals surface area contributed by atoms with Gasteiger partial charge >= 0.3 is 6.18 Å². The number of nitrogens with zero attached hydrogens (tertiary/aromatic N) is 2. The van der Waals surface area contributed by atoms with Gasteiger partial charge in [-0.3, -0.25) is 9.88 Å². The van der Waals surface area contributed by atoms with E-state index in [2.05, 4.69) is 4.98 Å². The van der Waals surface area contributed by atoms with Crippen LogP contribution in [-0.2, 0) is 6.18 Å². The quantitative estimate of drug-likeness (QED) is 0.840. The van der Waals surface area contributed by atoms with Crippen LogP contribution in [0.15, 0.2) is 42.7 Å². The Hall–Kier alpha value is -2.54. The van der Waals surface area contributed by atoms with Gasteiger partial charge < -0.3 is 10.8 Å². The number of aromatic nitrogens is 1. The lowest BCUT2D eigenvalue weighted by molar-refractivity contribution is -0.137. The molecule has 7 heteroatoms. The molecular formula is C17H16F3N3O. The molecule has 126 valence electrons. The first kappa shape index (κ1) is 16.3. The molecule has 1 atom stereocenters. The Morgan fingerprint density at radius 2 is 2.00 bits per heavy atom. The Bertz CT molecular complexity index is 802. The van der Waals surface area contributed by atoms with Crippen LogP contribution in [0.2, 0.25) is 0 Å². The fourth-order valence-corrected chi connectivity index (χ4v) is 2.94. The van der Waals surface area contributed by atoms with Crippen molar-refractivity contribution in [3.05, 3.63) is 65.0 Å². The molecule has 2 heterocycles. The van der Waals surface area contributed by atoms with Crippen LogP contribution in [-0.4, -0.2) is 28.6 Å². The Morgan fingerprint density at radius 1 is 1.25 bits per heavy atom. The summed E-state index contributed by atoms with van der Waals surface area (Å²) >= 11 is 0. The zero-order valence-electron chi connectivity index (χ0n) is 12.9. The van der Waals surface area contributed by atoms with E-state index >= 15 is 0 Å². The number of hydrogen-bond donors (Lipinski definition) is 2. The van der Waals surface area contributed by atoms with Gasteiger partial charge in [0.1, 0.15) is 5.75 Å². The zero-order chi connectivity index (χ0) is 17.5. The van der Waals surface area contributed by atoms with Crippen LogP contribution < -0.4 is 5.73 Å². The number of aromatic hydroxyl groups is 1.